The van der Waals surface area contributed by atoms with E-state index in [-0.39, 0.29) is 0 Å². The number of hydrogen-bond donors (Lipinski definition) is 0. The molecule has 0 spiro atoms. The van der Waals surface area contributed by atoms with Crippen LogP contribution in [0.5, 0.6) is 0 Å². The summed E-state index contributed by atoms with van der Waals surface area (Å²) in [5.74, 6) is 0.425. The number of unbranched alkanes of at least 4 members (excludes halogenated alkanes) is 1. The molecule has 0 aromatic heterocycles. The summed E-state index contributed by atoms with van der Waals surface area (Å²) in [4.78, 5) is 10.9. The third kappa shape index (κ3) is 6.09. The SMILES string of the molecule is CCCCC(CC)COC(=O)[P+](C)=O. The number of carbonyl (C=O) groups excluding carboxylic acids is 1. The van der Waals surface area contributed by atoms with Gasteiger partial charge in [0, 0.05) is 0 Å². The summed E-state index contributed by atoms with van der Waals surface area (Å²) in [7, 11) is -1.82. The molecule has 0 aliphatic rings. The minimum atomic E-state index is -1.82. The van der Waals surface area contributed by atoms with Crippen LogP contribution in [0.3, 0.4) is 0 Å². The van der Waals surface area contributed by atoms with E-state index in [2.05, 4.69) is 13.8 Å². The fourth-order valence-electron chi connectivity index (χ4n) is 1.18. The molecular formula is C10H20O3P+. The molecule has 14 heavy (non-hydrogen) atoms. The molecule has 3 nitrogen and oxygen atoms in total. The highest BCUT2D eigenvalue weighted by atomic mass is 31.1. The molecule has 0 bridgehead atoms. The largest absolute Gasteiger partial charge is 0.554 e. The van der Waals surface area contributed by atoms with E-state index in [0.29, 0.717) is 12.5 Å². The van der Waals surface area contributed by atoms with E-state index in [1.165, 1.54) is 6.66 Å². The molecule has 0 aromatic carbocycles. The summed E-state index contributed by atoms with van der Waals surface area (Å²) in [5, 5.41) is 0. The van der Waals surface area contributed by atoms with Gasteiger partial charge in [-0.1, -0.05) is 37.7 Å². The Morgan fingerprint density at radius 2 is 2.07 bits per heavy atom. The zero-order valence-corrected chi connectivity index (χ0v) is 10.2. The van der Waals surface area contributed by atoms with Crippen LogP contribution in [0.4, 0.5) is 4.79 Å². The molecule has 0 heterocycles. The molecule has 4 heteroatoms. The van der Waals surface area contributed by atoms with Crippen molar-refractivity contribution in [2.24, 2.45) is 5.92 Å². The third-order valence-corrected chi connectivity index (χ3v) is 2.89. The number of ether oxygens (including phenoxy) is 1. The van der Waals surface area contributed by atoms with Gasteiger partial charge in [-0.2, -0.15) is 4.79 Å². The Balaban J connectivity index is 3.71. The van der Waals surface area contributed by atoms with E-state index in [4.69, 9.17) is 4.74 Å². The minimum Gasteiger partial charge on any atom is -0.427 e. The molecule has 0 aliphatic heterocycles. The van der Waals surface area contributed by atoms with Crippen molar-refractivity contribution < 1.29 is 14.1 Å². The van der Waals surface area contributed by atoms with Gasteiger partial charge in [-0.15, -0.1) is 0 Å². The van der Waals surface area contributed by atoms with E-state index in [1.54, 1.807) is 0 Å². The van der Waals surface area contributed by atoms with Crippen molar-refractivity contribution in [2.45, 2.75) is 39.5 Å². The first-order valence-corrected chi connectivity index (χ1v) is 6.90. The van der Waals surface area contributed by atoms with Crippen molar-refractivity contribution in [3.63, 3.8) is 0 Å². The maximum atomic E-state index is 10.9. The fraction of sp³-hybridized carbons (Fsp3) is 0.900. The molecule has 2 atom stereocenters. The van der Waals surface area contributed by atoms with Crippen LogP contribution in [0.25, 0.3) is 0 Å². The predicted molar refractivity (Wildman–Crippen MR) is 58.2 cm³/mol. The van der Waals surface area contributed by atoms with Gasteiger partial charge in [-0.05, 0) is 12.3 Å². The van der Waals surface area contributed by atoms with Crippen molar-refractivity contribution >= 4 is 13.5 Å². The Kier molecular flexibility index (Phi) is 7.68. The van der Waals surface area contributed by atoms with Crippen LogP contribution in [-0.2, 0) is 9.30 Å². The van der Waals surface area contributed by atoms with Gasteiger partial charge < -0.3 is 4.74 Å². The predicted octanol–water partition coefficient (Wildman–Crippen LogP) is 3.80. The number of hydrogen-bond acceptors (Lipinski definition) is 3. The third-order valence-electron chi connectivity index (χ3n) is 2.24. The lowest BCUT2D eigenvalue weighted by atomic mass is 10.0. The summed E-state index contributed by atoms with van der Waals surface area (Å²) < 4.78 is 15.7. The minimum absolute atomic E-state index is 0.421. The summed E-state index contributed by atoms with van der Waals surface area (Å²) in [6.07, 6.45) is 4.41. The van der Waals surface area contributed by atoms with Crippen molar-refractivity contribution in [3.05, 3.63) is 0 Å². The van der Waals surface area contributed by atoms with E-state index in [0.717, 1.165) is 25.7 Å². The molecule has 0 amide bonds. The Morgan fingerprint density at radius 1 is 1.43 bits per heavy atom. The van der Waals surface area contributed by atoms with Crippen LogP contribution in [-0.4, -0.2) is 19.0 Å². The maximum absolute atomic E-state index is 10.9. The molecular weight excluding hydrogens is 199 g/mol. The fourth-order valence-corrected chi connectivity index (χ4v) is 1.43. The summed E-state index contributed by atoms with van der Waals surface area (Å²) in [5.41, 5.74) is -0.560. The number of carbonyl (C=O) groups is 1. The first-order chi connectivity index (χ1) is 6.61. The second-order valence-corrected chi connectivity index (χ2v) is 4.85. The quantitative estimate of drug-likeness (QED) is 0.612. The molecule has 0 rings (SSSR count). The second-order valence-electron chi connectivity index (χ2n) is 3.49. The van der Waals surface area contributed by atoms with Crippen molar-refractivity contribution in [3.8, 4) is 0 Å². The van der Waals surface area contributed by atoms with Crippen LogP contribution >= 0.6 is 7.80 Å². The lowest BCUT2D eigenvalue weighted by Gasteiger charge is -2.11. The molecule has 2 unspecified atom stereocenters. The average molecular weight is 219 g/mol. The molecule has 0 aliphatic carbocycles. The summed E-state index contributed by atoms with van der Waals surface area (Å²) in [6.45, 7) is 6.02. The van der Waals surface area contributed by atoms with E-state index < -0.39 is 13.5 Å². The van der Waals surface area contributed by atoms with Gasteiger partial charge in [0.1, 0.15) is 6.66 Å². The van der Waals surface area contributed by atoms with Crippen LogP contribution in [0, 0.1) is 5.92 Å². The zero-order valence-electron chi connectivity index (χ0n) is 9.28. The Hall–Kier alpha value is -0.430. The first-order valence-electron chi connectivity index (χ1n) is 5.19. The highest BCUT2D eigenvalue weighted by Gasteiger charge is 2.24. The lowest BCUT2D eigenvalue weighted by molar-refractivity contribution is 0.146. The van der Waals surface area contributed by atoms with Crippen molar-refractivity contribution in [1.82, 2.24) is 0 Å². The molecule has 0 saturated heterocycles. The van der Waals surface area contributed by atoms with Crippen molar-refractivity contribution in [1.29, 1.82) is 0 Å². The smallest absolute Gasteiger partial charge is 0.427 e. The highest BCUT2D eigenvalue weighted by molar-refractivity contribution is 7.62. The standard InChI is InChI=1S/C10H20O3P/c1-4-6-7-9(5-2)8-13-10(11)14(3)12/h9H,4-8H2,1-3H3/q+1. The van der Waals surface area contributed by atoms with Crippen LogP contribution in [0.2, 0.25) is 0 Å². The van der Waals surface area contributed by atoms with Gasteiger partial charge >= 0.3 is 13.5 Å². The van der Waals surface area contributed by atoms with E-state index in [9.17, 15) is 9.36 Å². The maximum Gasteiger partial charge on any atom is 0.554 e. The van der Waals surface area contributed by atoms with Gasteiger partial charge in [0.2, 0.25) is 0 Å². The summed E-state index contributed by atoms with van der Waals surface area (Å²) >= 11 is 0. The molecule has 0 aromatic rings. The Labute approximate surface area is 87.0 Å². The monoisotopic (exact) mass is 219 g/mol. The van der Waals surface area contributed by atoms with Crippen LogP contribution < -0.4 is 0 Å². The lowest BCUT2D eigenvalue weighted by Crippen LogP contribution is -2.10. The number of rotatable bonds is 7. The highest BCUT2D eigenvalue weighted by Crippen LogP contribution is 2.20. The topological polar surface area (TPSA) is 43.4 Å². The average Bonchev–Trinajstić information content (AvgIpc) is 2.17. The molecule has 0 radical (unpaired) electrons. The van der Waals surface area contributed by atoms with Gasteiger partial charge in [0.15, 0.2) is 0 Å². The van der Waals surface area contributed by atoms with E-state index in [1.807, 2.05) is 0 Å². The second kappa shape index (κ2) is 7.93. The van der Waals surface area contributed by atoms with Gasteiger partial charge in [-0.3, -0.25) is 0 Å². The zero-order chi connectivity index (χ0) is 11.0. The Morgan fingerprint density at radius 3 is 2.50 bits per heavy atom. The molecule has 82 valence electrons. The normalized spacial score (nSPS) is 13.5. The first kappa shape index (κ1) is 13.6. The molecule has 0 fully saturated rings. The molecule has 0 saturated carbocycles. The Bertz CT molecular complexity index is 192. The van der Waals surface area contributed by atoms with Crippen molar-refractivity contribution in [2.75, 3.05) is 13.3 Å². The summed E-state index contributed by atoms with van der Waals surface area (Å²) in [6, 6.07) is 0. The van der Waals surface area contributed by atoms with Crippen LogP contribution in [0.1, 0.15) is 39.5 Å². The van der Waals surface area contributed by atoms with Gasteiger partial charge in [-0.25, -0.2) is 0 Å². The van der Waals surface area contributed by atoms with Crippen LogP contribution in [0.15, 0.2) is 0 Å². The van der Waals surface area contributed by atoms with Gasteiger partial charge in [0.05, 0.1) is 6.61 Å². The van der Waals surface area contributed by atoms with Gasteiger partial charge in [0.25, 0.3) is 0 Å². The molecule has 0 N–H and O–H groups in total. The van der Waals surface area contributed by atoms with E-state index >= 15 is 0 Å².